The van der Waals surface area contributed by atoms with Crippen molar-refractivity contribution in [3.8, 4) is 0 Å². The van der Waals surface area contributed by atoms with Gasteiger partial charge in [-0.25, -0.2) is 28.1 Å². The van der Waals surface area contributed by atoms with Crippen molar-refractivity contribution in [1.29, 1.82) is 0 Å². The zero-order valence-electron chi connectivity index (χ0n) is 15.9. The van der Waals surface area contributed by atoms with E-state index in [9.17, 15) is 8.42 Å². The van der Waals surface area contributed by atoms with Crippen molar-refractivity contribution in [2.24, 2.45) is 7.05 Å². The summed E-state index contributed by atoms with van der Waals surface area (Å²) in [5, 5.41) is 6.27. The molecule has 0 spiro atoms. The van der Waals surface area contributed by atoms with Crippen LogP contribution in [-0.4, -0.2) is 47.6 Å². The third-order valence-corrected chi connectivity index (χ3v) is 4.93. The number of nitrogens with one attached hydrogen (secondary N) is 3. The zero-order valence-corrected chi connectivity index (χ0v) is 16.7. The number of anilines is 2. The second kappa shape index (κ2) is 8.45. The van der Waals surface area contributed by atoms with Gasteiger partial charge >= 0.3 is 0 Å². The first kappa shape index (κ1) is 20.1. The Morgan fingerprint density at radius 2 is 1.77 bits per heavy atom. The molecule has 0 aliphatic heterocycles. The quantitative estimate of drug-likeness (QED) is 0.564. The molecular weight excluding hydrogens is 354 g/mol. The van der Waals surface area contributed by atoms with Gasteiger partial charge in [0, 0.05) is 44.9 Å². The Hall–Kier alpha value is -2.20. The SMILES string of the molecule is CCNc1cc(NCCNS(=O)(=O)c2cn(C)c(C(C)C)n2)nc(C)n1. The van der Waals surface area contributed by atoms with E-state index in [0.29, 0.717) is 18.2 Å². The second-order valence-corrected chi connectivity index (χ2v) is 7.96. The Kier molecular flexibility index (Phi) is 6.54. The summed E-state index contributed by atoms with van der Waals surface area (Å²) in [6.45, 7) is 9.12. The monoisotopic (exact) mass is 381 g/mol. The molecule has 0 unspecified atom stereocenters. The number of aromatic nitrogens is 4. The van der Waals surface area contributed by atoms with E-state index in [2.05, 4.69) is 30.3 Å². The Morgan fingerprint density at radius 3 is 2.35 bits per heavy atom. The second-order valence-electron chi connectivity index (χ2n) is 6.24. The van der Waals surface area contributed by atoms with Crippen molar-refractivity contribution in [1.82, 2.24) is 24.2 Å². The van der Waals surface area contributed by atoms with Crippen LogP contribution in [0, 0.1) is 6.92 Å². The number of aryl methyl sites for hydroxylation is 2. The van der Waals surface area contributed by atoms with Crippen LogP contribution in [0.15, 0.2) is 17.3 Å². The number of rotatable bonds is 9. The van der Waals surface area contributed by atoms with Crippen LogP contribution < -0.4 is 15.4 Å². The molecule has 2 aromatic rings. The molecule has 0 saturated carbocycles. The van der Waals surface area contributed by atoms with Gasteiger partial charge in [-0.3, -0.25) is 0 Å². The van der Waals surface area contributed by atoms with Crippen LogP contribution in [0.1, 0.15) is 38.3 Å². The number of hydrogen-bond donors (Lipinski definition) is 3. The Morgan fingerprint density at radius 1 is 1.12 bits per heavy atom. The fourth-order valence-electron chi connectivity index (χ4n) is 2.50. The van der Waals surface area contributed by atoms with E-state index >= 15 is 0 Å². The van der Waals surface area contributed by atoms with Gasteiger partial charge < -0.3 is 15.2 Å². The molecule has 0 bridgehead atoms. The number of nitrogens with zero attached hydrogens (tertiary/aromatic N) is 4. The summed E-state index contributed by atoms with van der Waals surface area (Å²) in [5.41, 5.74) is 0. The van der Waals surface area contributed by atoms with Gasteiger partial charge in [-0.05, 0) is 13.8 Å². The van der Waals surface area contributed by atoms with E-state index in [1.165, 1.54) is 6.20 Å². The summed E-state index contributed by atoms with van der Waals surface area (Å²) in [7, 11) is -1.85. The maximum atomic E-state index is 12.4. The Balaban J connectivity index is 1.94. The predicted octanol–water partition coefficient (Wildman–Crippen LogP) is 1.46. The van der Waals surface area contributed by atoms with Crippen LogP contribution in [0.4, 0.5) is 11.6 Å². The van der Waals surface area contributed by atoms with Crippen LogP contribution in [-0.2, 0) is 17.1 Å². The summed E-state index contributed by atoms with van der Waals surface area (Å²) in [6.07, 6.45) is 1.53. The van der Waals surface area contributed by atoms with Crippen LogP contribution in [0.5, 0.6) is 0 Å². The van der Waals surface area contributed by atoms with Gasteiger partial charge in [0.05, 0.1) is 0 Å². The zero-order chi connectivity index (χ0) is 19.3. The lowest BCUT2D eigenvalue weighted by atomic mass is 10.2. The predicted molar refractivity (Wildman–Crippen MR) is 102 cm³/mol. The summed E-state index contributed by atoms with van der Waals surface area (Å²) in [6, 6.07) is 1.79. The van der Waals surface area contributed by atoms with E-state index in [4.69, 9.17) is 0 Å². The average molecular weight is 382 g/mol. The summed E-state index contributed by atoms with van der Waals surface area (Å²) in [4.78, 5) is 12.8. The van der Waals surface area contributed by atoms with Crippen molar-refractivity contribution in [2.75, 3.05) is 30.3 Å². The molecule has 2 aromatic heterocycles. The van der Waals surface area contributed by atoms with Crippen molar-refractivity contribution >= 4 is 21.7 Å². The fraction of sp³-hybridized carbons (Fsp3) is 0.562. The smallest absolute Gasteiger partial charge is 0.259 e. The van der Waals surface area contributed by atoms with Gasteiger partial charge in [0.1, 0.15) is 23.3 Å². The molecule has 0 amide bonds. The molecule has 0 aliphatic rings. The molecule has 0 saturated heterocycles. The standard InChI is InChI=1S/C16H27N7O2S/c1-6-17-13-9-14(21-12(4)20-13)18-7-8-19-26(24,25)15-10-23(5)16(22-15)11(2)3/h9-11,19H,6-8H2,1-5H3,(H2,17,18,20,21). The minimum absolute atomic E-state index is 0.0380. The number of hydrogen-bond acceptors (Lipinski definition) is 7. The molecule has 10 heteroatoms. The number of imidazole rings is 1. The van der Waals surface area contributed by atoms with Crippen LogP contribution >= 0.6 is 0 Å². The maximum Gasteiger partial charge on any atom is 0.259 e. The molecule has 0 aromatic carbocycles. The van der Waals surface area contributed by atoms with Gasteiger partial charge in [0.15, 0.2) is 5.03 Å². The molecule has 2 heterocycles. The van der Waals surface area contributed by atoms with Crippen molar-refractivity contribution < 1.29 is 8.42 Å². The lowest BCUT2D eigenvalue weighted by molar-refractivity contribution is 0.579. The summed E-state index contributed by atoms with van der Waals surface area (Å²) < 4.78 is 29.0. The molecule has 0 radical (unpaired) electrons. The van der Waals surface area contributed by atoms with E-state index in [1.54, 1.807) is 17.7 Å². The van der Waals surface area contributed by atoms with Gasteiger partial charge in [0.2, 0.25) is 0 Å². The van der Waals surface area contributed by atoms with E-state index in [0.717, 1.165) is 18.2 Å². The molecule has 26 heavy (non-hydrogen) atoms. The van der Waals surface area contributed by atoms with E-state index in [1.807, 2.05) is 27.7 Å². The summed E-state index contributed by atoms with van der Waals surface area (Å²) in [5.74, 6) is 2.90. The molecule has 0 aliphatic carbocycles. The van der Waals surface area contributed by atoms with Gasteiger partial charge in [-0.15, -0.1) is 0 Å². The highest BCUT2D eigenvalue weighted by Gasteiger charge is 2.20. The van der Waals surface area contributed by atoms with Crippen LogP contribution in [0.25, 0.3) is 0 Å². The van der Waals surface area contributed by atoms with Gasteiger partial charge in [-0.1, -0.05) is 13.8 Å². The van der Waals surface area contributed by atoms with Crippen molar-refractivity contribution in [3.05, 3.63) is 23.9 Å². The third kappa shape index (κ3) is 5.15. The van der Waals surface area contributed by atoms with E-state index in [-0.39, 0.29) is 17.5 Å². The first-order valence-corrected chi connectivity index (χ1v) is 10.1. The molecule has 2 rings (SSSR count). The first-order valence-electron chi connectivity index (χ1n) is 8.59. The van der Waals surface area contributed by atoms with Crippen molar-refractivity contribution in [2.45, 2.75) is 38.6 Å². The van der Waals surface area contributed by atoms with Crippen LogP contribution in [0.2, 0.25) is 0 Å². The molecule has 9 nitrogen and oxygen atoms in total. The highest BCUT2D eigenvalue weighted by Crippen LogP contribution is 2.15. The maximum absolute atomic E-state index is 12.4. The highest BCUT2D eigenvalue weighted by atomic mass is 32.2. The summed E-state index contributed by atoms with van der Waals surface area (Å²) >= 11 is 0. The molecule has 0 atom stereocenters. The van der Waals surface area contributed by atoms with E-state index < -0.39 is 10.0 Å². The molecular formula is C16H27N7O2S. The topological polar surface area (TPSA) is 114 Å². The van der Waals surface area contributed by atoms with Crippen molar-refractivity contribution in [3.63, 3.8) is 0 Å². The average Bonchev–Trinajstić information content (AvgIpc) is 2.94. The lowest BCUT2D eigenvalue weighted by Crippen LogP contribution is -2.29. The Bertz CT molecular complexity index is 846. The first-order chi connectivity index (χ1) is 12.2. The third-order valence-electron chi connectivity index (χ3n) is 3.60. The minimum Gasteiger partial charge on any atom is -0.370 e. The molecule has 3 N–H and O–H groups in total. The number of sulfonamides is 1. The normalized spacial score (nSPS) is 11.8. The highest BCUT2D eigenvalue weighted by molar-refractivity contribution is 7.89. The molecule has 0 fully saturated rings. The lowest BCUT2D eigenvalue weighted by Gasteiger charge is -2.09. The largest absolute Gasteiger partial charge is 0.370 e. The molecule has 144 valence electrons. The van der Waals surface area contributed by atoms with Crippen LogP contribution in [0.3, 0.4) is 0 Å². The van der Waals surface area contributed by atoms with Gasteiger partial charge in [-0.2, -0.15) is 0 Å². The minimum atomic E-state index is -3.64. The fourth-order valence-corrected chi connectivity index (χ4v) is 3.53. The van der Waals surface area contributed by atoms with Gasteiger partial charge in [0.25, 0.3) is 10.0 Å². The Labute approximate surface area is 154 Å².